The van der Waals surface area contributed by atoms with E-state index in [0.29, 0.717) is 12.0 Å². The van der Waals surface area contributed by atoms with Crippen molar-refractivity contribution in [1.82, 2.24) is 10.9 Å². The summed E-state index contributed by atoms with van der Waals surface area (Å²) in [5, 5.41) is 0.180. The van der Waals surface area contributed by atoms with Crippen molar-refractivity contribution in [2.45, 2.75) is 19.3 Å². The first-order valence-electron chi connectivity index (χ1n) is 8.36. The molecule has 0 aliphatic carbocycles. The first-order chi connectivity index (χ1) is 13.0. The van der Waals surface area contributed by atoms with E-state index in [2.05, 4.69) is 10.9 Å². The molecule has 1 atom stereocenters. The lowest BCUT2D eigenvalue weighted by Crippen LogP contribution is -2.41. The van der Waals surface area contributed by atoms with Crippen LogP contribution in [0.3, 0.4) is 0 Å². The van der Waals surface area contributed by atoms with Gasteiger partial charge in [-0.15, -0.1) is 0 Å². The maximum absolute atomic E-state index is 13.0. The maximum atomic E-state index is 13.0. The van der Waals surface area contributed by atoms with Crippen molar-refractivity contribution in [3.05, 3.63) is 76.6 Å². The minimum absolute atomic E-state index is 0.180. The number of hydrogen-bond donors (Lipinski definition) is 2. The number of halogens is 2. The Morgan fingerprint density at radius 2 is 1.93 bits per heavy atom. The summed E-state index contributed by atoms with van der Waals surface area (Å²) in [6.07, 6.45) is 2.48. The molecule has 0 bridgehead atoms. The molecule has 27 heavy (non-hydrogen) atoms. The lowest BCUT2D eigenvalue weighted by Gasteiger charge is -2.12. The monoisotopic (exact) mass is 390 g/mol. The van der Waals surface area contributed by atoms with Crippen LogP contribution in [0.1, 0.15) is 30.4 Å². The van der Waals surface area contributed by atoms with Crippen LogP contribution in [0.25, 0.3) is 6.08 Å². The molecule has 2 rings (SSSR count). The first-order valence-corrected chi connectivity index (χ1v) is 8.74. The molecule has 2 aromatic carbocycles. The summed E-state index contributed by atoms with van der Waals surface area (Å²) in [4.78, 5) is 23.3. The van der Waals surface area contributed by atoms with Crippen molar-refractivity contribution >= 4 is 29.7 Å². The number of nitrogens with one attached hydrogen (secondary N) is 2. The second-order valence-electron chi connectivity index (χ2n) is 5.85. The highest BCUT2D eigenvalue weighted by Crippen LogP contribution is 2.19. The minimum atomic E-state index is -0.753. The molecular formula is C20H20ClFN2O3. The number of hydrogen-bond acceptors (Lipinski definition) is 3. The predicted molar refractivity (Wildman–Crippen MR) is 103 cm³/mol. The summed E-state index contributed by atoms with van der Waals surface area (Å²) >= 11 is 5.85. The fraction of sp³-hybridized carbons (Fsp3) is 0.200. The molecule has 2 N–H and O–H groups in total. The van der Waals surface area contributed by atoms with E-state index < -0.39 is 17.8 Å². The lowest BCUT2D eigenvalue weighted by molar-refractivity contribution is -0.117. The van der Waals surface area contributed by atoms with Gasteiger partial charge in [-0.2, -0.15) is 0 Å². The molecule has 0 spiro atoms. The average molecular weight is 391 g/mol. The standard InChI is InChI=1S/C20H20ClFN2O3/c1-14(15-5-3-2-4-6-15)11-12-27-20(26)24-23-19(25)10-8-16-7-9-17(22)13-18(16)21/h2-10,13-14H,11-12H2,1H3,(H,23,25)(H,24,26). The molecule has 0 saturated carbocycles. The molecular weight excluding hydrogens is 371 g/mol. The highest BCUT2D eigenvalue weighted by molar-refractivity contribution is 6.32. The molecule has 7 heteroatoms. The molecule has 5 nitrogen and oxygen atoms in total. The number of carbonyl (C=O) groups excluding carboxylic acids is 2. The molecule has 142 valence electrons. The van der Waals surface area contributed by atoms with Crippen LogP contribution >= 0.6 is 11.6 Å². The van der Waals surface area contributed by atoms with Crippen LogP contribution in [0.5, 0.6) is 0 Å². The van der Waals surface area contributed by atoms with Gasteiger partial charge < -0.3 is 4.74 Å². The van der Waals surface area contributed by atoms with E-state index in [1.807, 2.05) is 37.3 Å². The number of amides is 2. The quantitative estimate of drug-likeness (QED) is 0.566. The molecule has 0 fully saturated rings. The SMILES string of the molecule is CC(CCOC(=O)NNC(=O)C=Cc1ccc(F)cc1Cl)c1ccccc1. The van der Waals surface area contributed by atoms with E-state index in [-0.39, 0.29) is 17.5 Å². The molecule has 0 aromatic heterocycles. The van der Waals surface area contributed by atoms with Gasteiger partial charge in [-0.05, 0) is 41.7 Å². The van der Waals surface area contributed by atoms with Crippen molar-refractivity contribution in [1.29, 1.82) is 0 Å². The van der Waals surface area contributed by atoms with E-state index in [0.717, 1.165) is 12.1 Å². The first kappa shape index (κ1) is 20.5. The van der Waals surface area contributed by atoms with Crippen LogP contribution in [0, 0.1) is 5.82 Å². The van der Waals surface area contributed by atoms with Gasteiger partial charge in [-0.1, -0.05) is 54.9 Å². The zero-order valence-corrected chi connectivity index (χ0v) is 15.5. The zero-order chi connectivity index (χ0) is 19.6. The summed E-state index contributed by atoms with van der Waals surface area (Å²) in [6, 6.07) is 13.7. The van der Waals surface area contributed by atoms with Crippen molar-refractivity contribution in [3.8, 4) is 0 Å². The van der Waals surface area contributed by atoms with Crippen LogP contribution in [0.4, 0.5) is 9.18 Å². The Bertz CT molecular complexity index is 812. The molecule has 2 amide bonds. The number of benzene rings is 2. The lowest BCUT2D eigenvalue weighted by atomic mass is 9.98. The molecule has 0 saturated heterocycles. The van der Waals surface area contributed by atoms with Gasteiger partial charge in [0, 0.05) is 6.08 Å². The van der Waals surface area contributed by atoms with Crippen LogP contribution in [-0.4, -0.2) is 18.6 Å². The van der Waals surface area contributed by atoms with Crippen LogP contribution in [0.2, 0.25) is 5.02 Å². The third-order valence-electron chi connectivity index (χ3n) is 3.82. The summed E-state index contributed by atoms with van der Waals surface area (Å²) in [7, 11) is 0. The van der Waals surface area contributed by atoms with Gasteiger partial charge in [0.05, 0.1) is 11.6 Å². The molecule has 2 aromatic rings. The maximum Gasteiger partial charge on any atom is 0.426 e. The topological polar surface area (TPSA) is 67.4 Å². The van der Waals surface area contributed by atoms with Gasteiger partial charge in [-0.3, -0.25) is 10.2 Å². The van der Waals surface area contributed by atoms with E-state index in [9.17, 15) is 14.0 Å². The third kappa shape index (κ3) is 7.11. The summed E-state index contributed by atoms with van der Waals surface area (Å²) < 4.78 is 18.0. The molecule has 0 aliphatic heterocycles. The van der Waals surface area contributed by atoms with Crippen LogP contribution in [0.15, 0.2) is 54.6 Å². The largest absolute Gasteiger partial charge is 0.448 e. The fourth-order valence-electron chi connectivity index (χ4n) is 2.27. The minimum Gasteiger partial charge on any atom is -0.448 e. The van der Waals surface area contributed by atoms with Gasteiger partial charge >= 0.3 is 6.09 Å². The Hall–Kier alpha value is -2.86. The van der Waals surface area contributed by atoms with Crippen LogP contribution in [-0.2, 0) is 9.53 Å². The Kier molecular flexibility index (Phi) is 7.82. The number of rotatable bonds is 6. The molecule has 1 unspecified atom stereocenters. The smallest absolute Gasteiger partial charge is 0.426 e. The van der Waals surface area contributed by atoms with Crippen LogP contribution < -0.4 is 10.9 Å². The molecule has 0 aliphatic rings. The van der Waals surface area contributed by atoms with E-state index in [1.54, 1.807) is 0 Å². The summed E-state index contributed by atoms with van der Waals surface area (Å²) in [6.45, 7) is 2.27. The summed E-state index contributed by atoms with van der Waals surface area (Å²) in [5.74, 6) is -0.797. The van der Waals surface area contributed by atoms with Gasteiger partial charge in [0.2, 0.25) is 0 Å². The second-order valence-corrected chi connectivity index (χ2v) is 6.26. The van der Waals surface area contributed by atoms with Gasteiger partial charge in [0.1, 0.15) is 5.82 Å². The fourth-order valence-corrected chi connectivity index (χ4v) is 2.50. The van der Waals surface area contributed by atoms with E-state index in [4.69, 9.17) is 16.3 Å². The molecule has 0 heterocycles. The van der Waals surface area contributed by atoms with Gasteiger partial charge in [0.25, 0.3) is 5.91 Å². The number of carbonyl (C=O) groups is 2. The average Bonchev–Trinajstić information content (AvgIpc) is 2.66. The van der Waals surface area contributed by atoms with Crippen molar-refractivity contribution in [3.63, 3.8) is 0 Å². The van der Waals surface area contributed by atoms with Crippen molar-refractivity contribution in [2.24, 2.45) is 0 Å². The Balaban J connectivity index is 1.68. The van der Waals surface area contributed by atoms with Gasteiger partial charge in [0.15, 0.2) is 0 Å². The Labute approximate surface area is 162 Å². The van der Waals surface area contributed by atoms with Crippen molar-refractivity contribution < 1.29 is 18.7 Å². The normalized spacial score (nSPS) is 11.8. The summed E-state index contributed by atoms with van der Waals surface area (Å²) in [5.41, 5.74) is 5.98. The van der Waals surface area contributed by atoms with E-state index >= 15 is 0 Å². The van der Waals surface area contributed by atoms with E-state index in [1.165, 1.54) is 23.8 Å². The highest BCUT2D eigenvalue weighted by Gasteiger charge is 2.08. The third-order valence-corrected chi connectivity index (χ3v) is 4.14. The second kappa shape index (κ2) is 10.3. The van der Waals surface area contributed by atoms with Crippen molar-refractivity contribution in [2.75, 3.05) is 6.61 Å². The Morgan fingerprint density at radius 1 is 1.19 bits per heavy atom. The highest BCUT2D eigenvalue weighted by atomic mass is 35.5. The number of ether oxygens (including phenoxy) is 1. The van der Waals surface area contributed by atoms with Gasteiger partial charge in [-0.25, -0.2) is 14.6 Å². The number of hydrazine groups is 1. The molecule has 0 radical (unpaired) electrons. The predicted octanol–water partition coefficient (Wildman–Crippen LogP) is 4.44. The Morgan fingerprint density at radius 3 is 2.63 bits per heavy atom. The zero-order valence-electron chi connectivity index (χ0n) is 14.7.